The first-order chi connectivity index (χ1) is 15.2. The van der Waals surface area contributed by atoms with Gasteiger partial charge in [-0.3, -0.25) is 0 Å². The summed E-state index contributed by atoms with van der Waals surface area (Å²) in [5, 5.41) is 11.4. The van der Waals surface area contributed by atoms with Crippen LogP contribution in [0.3, 0.4) is 0 Å². The second kappa shape index (κ2) is 10.4. The quantitative estimate of drug-likeness (QED) is 0.361. The van der Waals surface area contributed by atoms with Crippen molar-refractivity contribution in [3.05, 3.63) is 29.2 Å². The number of likely N-dealkylation sites (tertiary alicyclic amines) is 1. The van der Waals surface area contributed by atoms with Crippen molar-refractivity contribution in [1.82, 2.24) is 20.1 Å². The van der Waals surface area contributed by atoms with E-state index in [4.69, 9.17) is 9.47 Å². The summed E-state index contributed by atoms with van der Waals surface area (Å²) < 4.78 is 64.7. The standard InChI is InChI=1S/C21H27F4N5O2/c1-4-30-8-6-7-15(11-30)27-20-26-13(3)19(28-29-20)18-16(22)9-14(21(23,24)25)10-17(18)32-12-31-5-2/h9-10,15H,4-8,11-12H2,1-3H3,(H,26,27,29)/t15-/m1/s1. The van der Waals surface area contributed by atoms with Crippen LogP contribution in [-0.2, 0) is 10.9 Å². The van der Waals surface area contributed by atoms with Crippen LogP contribution in [0.2, 0.25) is 0 Å². The number of benzene rings is 1. The summed E-state index contributed by atoms with van der Waals surface area (Å²) in [7, 11) is 0. The highest BCUT2D eigenvalue weighted by molar-refractivity contribution is 5.70. The molecule has 3 rings (SSSR count). The number of nitrogens with zero attached hydrogens (tertiary/aromatic N) is 4. The molecule has 0 unspecified atom stereocenters. The maximum absolute atomic E-state index is 14.8. The number of rotatable bonds is 8. The number of hydrogen-bond acceptors (Lipinski definition) is 7. The second-order valence-electron chi connectivity index (χ2n) is 7.53. The molecule has 2 heterocycles. The Hall–Kier alpha value is -2.53. The molecule has 1 N–H and O–H groups in total. The molecular weight excluding hydrogens is 430 g/mol. The number of aromatic nitrogens is 3. The first-order valence-electron chi connectivity index (χ1n) is 10.5. The maximum atomic E-state index is 14.8. The highest BCUT2D eigenvalue weighted by Gasteiger charge is 2.34. The molecule has 0 spiro atoms. The molecule has 0 aliphatic carbocycles. The second-order valence-corrected chi connectivity index (χ2v) is 7.53. The van der Waals surface area contributed by atoms with Gasteiger partial charge < -0.3 is 19.7 Å². The molecule has 1 fully saturated rings. The normalized spacial score (nSPS) is 17.4. The van der Waals surface area contributed by atoms with E-state index in [-0.39, 0.29) is 36.4 Å². The van der Waals surface area contributed by atoms with Crippen molar-refractivity contribution < 1.29 is 27.0 Å². The number of nitrogens with one attached hydrogen (secondary N) is 1. The minimum atomic E-state index is -4.73. The van der Waals surface area contributed by atoms with Crippen LogP contribution in [0.25, 0.3) is 11.3 Å². The first kappa shape index (κ1) is 24.1. The van der Waals surface area contributed by atoms with Gasteiger partial charge in [-0.1, -0.05) is 6.92 Å². The molecule has 1 aromatic carbocycles. The van der Waals surface area contributed by atoms with Crippen LogP contribution in [0.15, 0.2) is 12.1 Å². The van der Waals surface area contributed by atoms with Gasteiger partial charge in [-0.05, 0) is 51.9 Å². The van der Waals surface area contributed by atoms with Gasteiger partial charge in [0.2, 0.25) is 5.95 Å². The van der Waals surface area contributed by atoms with Gasteiger partial charge in [-0.2, -0.15) is 13.2 Å². The van der Waals surface area contributed by atoms with Crippen molar-refractivity contribution in [2.75, 3.05) is 38.4 Å². The average Bonchev–Trinajstić information content (AvgIpc) is 2.74. The molecule has 0 amide bonds. The fraction of sp³-hybridized carbons (Fsp3) is 0.571. The van der Waals surface area contributed by atoms with Gasteiger partial charge in [-0.25, -0.2) is 9.37 Å². The van der Waals surface area contributed by atoms with Crippen LogP contribution < -0.4 is 10.1 Å². The molecule has 1 aromatic heterocycles. The number of hydrogen-bond donors (Lipinski definition) is 1. The highest BCUT2D eigenvalue weighted by atomic mass is 19.4. The first-order valence-corrected chi connectivity index (χ1v) is 10.5. The Labute approximate surface area is 184 Å². The number of ether oxygens (including phenoxy) is 2. The van der Waals surface area contributed by atoms with Crippen LogP contribution in [0.4, 0.5) is 23.5 Å². The van der Waals surface area contributed by atoms with E-state index < -0.39 is 17.6 Å². The van der Waals surface area contributed by atoms with Crippen molar-refractivity contribution in [3.8, 4) is 17.0 Å². The monoisotopic (exact) mass is 457 g/mol. The molecule has 11 heteroatoms. The lowest BCUT2D eigenvalue weighted by Gasteiger charge is -2.32. The Kier molecular flexibility index (Phi) is 7.83. The third-order valence-corrected chi connectivity index (χ3v) is 5.27. The Morgan fingerprint density at radius 3 is 2.66 bits per heavy atom. The van der Waals surface area contributed by atoms with Crippen molar-refractivity contribution in [3.63, 3.8) is 0 Å². The van der Waals surface area contributed by atoms with Gasteiger partial charge in [0.05, 0.1) is 16.8 Å². The molecule has 7 nitrogen and oxygen atoms in total. The van der Waals surface area contributed by atoms with Crippen LogP contribution in [0.5, 0.6) is 5.75 Å². The molecule has 32 heavy (non-hydrogen) atoms. The SMILES string of the molecule is CCOCOc1cc(C(F)(F)F)cc(F)c1-c1nnc(N[C@@H]2CCCN(CC)C2)nc1C. The highest BCUT2D eigenvalue weighted by Crippen LogP contribution is 2.39. The lowest BCUT2D eigenvalue weighted by atomic mass is 10.0. The van der Waals surface area contributed by atoms with Crippen LogP contribution in [0, 0.1) is 12.7 Å². The minimum absolute atomic E-state index is 0.00658. The fourth-order valence-electron chi connectivity index (χ4n) is 3.62. The van der Waals surface area contributed by atoms with Crippen molar-refractivity contribution >= 4 is 5.95 Å². The van der Waals surface area contributed by atoms with E-state index in [0.717, 1.165) is 38.5 Å². The predicted molar refractivity (Wildman–Crippen MR) is 111 cm³/mol. The van der Waals surface area contributed by atoms with Gasteiger partial charge >= 0.3 is 6.18 Å². The topological polar surface area (TPSA) is 72.4 Å². The third-order valence-electron chi connectivity index (χ3n) is 5.27. The summed E-state index contributed by atoms with van der Waals surface area (Å²) >= 11 is 0. The minimum Gasteiger partial charge on any atom is -0.467 e. The molecule has 0 bridgehead atoms. The molecule has 1 aliphatic rings. The van der Waals surface area contributed by atoms with E-state index in [1.807, 2.05) is 0 Å². The number of anilines is 1. The van der Waals surface area contributed by atoms with Gasteiger partial charge in [0.15, 0.2) is 6.79 Å². The number of alkyl halides is 3. The van der Waals surface area contributed by atoms with E-state index in [1.165, 1.54) is 0 Å². The summed E-state index contributed by atoms with van der Waals surface area (Å²) in [6.45, 7) is 8.20. The summed E-state index contributed by atoms with van der Waals surface area (Å²) in [6.07, 6.45) is -2.72. The Balaban J connectivity index is 1.90. The van der Waals surface area contributed by atoms with Crippen LogP contribution >= 0.6 is 0 Å². The largest absolute Gasteiger partial charge is 0.467 e. The number of aryl methyl sites for hydroxylation is 1. The third kappa shape index (κ3) is 5.83. The maximum Gasteiger partial charge on any atom is 0.416 e. The Bertz CT molecular complexity index is 926. The molecule has 176 valence electrons. The Morgan fingerprint density at radius 1 is 1.22 bits per heavy atom. The molecule has 0 saturated carbocycles. The Morgan fingerprint density at radius 2 is 2.00 bits per heavy atom. The van der Waals surface area contributed by atoms with E-state index in [9.17, 15) is 17.6 Å². The summed E-state index contributed by atoms with van der Waals surface area (Å²) in [6, 6.07) is 1.30. The van der Waals surface area contributed by atoms with Crippen molar-refractivity contribution in [2.45, 2.75) is 45.8 Å². The zero-order valence-electron chi connectivity index (χ0n) is 18.3. The summed E-state index contributed by atoms with van der Waals surface area (Å²) in [5.41, 5.74) is -1.09. The molecule has 2 aromatic rings. The zero-order chi connectivity index (χ0) is 23.3. The van der Waals surface area contributed by atoms with Crippen molar-refractivity contribution in [1.29, 1.82) is 0 Å². The lowest BCUT2D eigenvalue weighted by molar-refractivity contribution is -0.138. The van der Waals surface area contributed by atoms with Crippen LogP contribution in [0.1, 0.15) is 37.9 Å². The van der Waals surface area contributed by atoms with Crippen molar-refractivity contribution in [2.24, 2.45) is 0 Å². The van der Waals surface area contributed by atoms with Gasteiger partial charge in [-0.15, -0.1) is 10.2 Å². The fourth-order valence-corrected chi connectivity index (χ4v) is 3.62. The van der Waals surface area contributed by atoms with Gasteiger partial charge in [0.1, 0.15) is 17.3 Å². The molecule has 1 aliphatic heterocycles. The number of likely N-dealkylation sites (N-methyl/N-ethyl adjacent to an activating group) is 1. The summed E-state index contributed by atoms with van der Waals surface area (Å²) in [5.74, 6) is -1.17. The molecule has 0 radical (unpaired) electrons. The van der Waals surface area contributed by atoms with Gasteiger partial charge in [0.25, 0.3) is 0 Å². The number of halogens is 4. The lowest BCUT2D eigenvalue weighted by Crippen LogP contribution is -2.42. The number of piperidine rings is 1. The van der Waals surface area contributed by atoms with Crippen LogP contribution in [-0.4, -0.2) is 59.2 Å². The van der Waals surface area contributed by atoms with E-state index in [2.05, 4.69) is 32.3 Å². The summed E-state index contributed by atoms with van der Waals surface area (Å²) in [4.78, 5) is 6.68. The molecular formula is C21H27F4N5O2. The smallest absolute Gasteiger partial charge is 0.416 e. The molecule has 1 atom stereocenters. The van der Waals surface area contributed by atoms with E-state index in [1.54, 1.807) is 13.8 Å². The van der Waals surface area contributed by atoms with Gasteiger partial charge in [0, 0.05) is 19.2 Å². The zero-order valence-corrected chi connectivity index (χ0v) is 18.3. The predicted octanol–water partition coefficient (Wildman–Crippen LogP) is 4.27. The average molecular weight is 457 g/mol. The van der Waals surface area contributed by atoms with E-state index in [0.29, 0.717) is 17.7 Å². The van der Waals surface area contributed by atoms with E-state index >= 15 is 0 Å². The molecule has 1 saturated heterocycles.